The van der Waals surface area contributed by atoms with E-state index in [0.717, 1.165) is 31.1 Å². The molecule has 1 aromatic rings. The molecule has 0 amide bonds. The summed E-state index contributed by atoms with van der Waals surface area (Å²) in [6, 6.07) is 6.29. The molecule has 1 N–H and O–H groups in total. The number of rotatable bonds is 3. The first kappa shape index (κ1) is 13.1. The van der Waals surface area contributed by atoms with Crippen molar-refractivity contribution in [2.45, 2.75) is 45.3 Å². The molecule has 0 bridgehead atoms. The van der Waals surface area contributed by atoms with Crippen molar-refractivity contribution in [1.82, 2.24) is 10.2 Å². The van der Waals surface area contributed by atoms with Gasteiger partial charge in [-0.3, -0.25) is 4.90 Å². The molecule has 2 fully saturated rings. The zero-order valence-electron chi connectivity index (χ0n) is 11.8. The molecular weight excluding hydrogens is 239 g/mol. The molecule has 19 heavy (non-hydrogen) atoms. The van der Waals surface area contributed by atoms with Gasteiger partial charge in [0.05, 0.1) is 0 Å². The summed E-state index contributed by atoms with van der Waals surface area (Å²) in [6.45, 7) is 7.34. The predicted molar refractivity (Wildman–Crippen MR) is 75.5 cm³/mol. The number of benzene rings is 1. The minimum atomic E-state index is -0.123. The lowest BCUT2D eigenvalue weighted by Gasteiger charge is -2.39. The van der Waals surface area contributed by atoms with Gasteiger partial charge in [0.25, 0.3) is 0 Å². The fraction of sp³-hybridized carbons (Fsp3) is 0.625. The van der Waals surface area contributed by atoms with E-state index in [4.69, 9.17) is 0 Å². The van der Waals surface area contributed by atoms with Gasteiger partial charge in [-0.05, 0) is 55.9 Å². The Morgan fingerprint density at radius 2 is 2.16 bits per heavy atom. The number of hydrogen-bond donors (Lipinski definition) is 1. The van der Waals surface area contributed by atoms with Gasteiger partial charge in [0.2, 0.25) is 0 Å². The Morgan fingerprint density at radius 3 is 2.89 bits per heavy atom. The molecule has 104 valence electrons. The first-order chi connectivity index (χ1) is 9.13. The Hall–Kier alpha value is -0.930. The Balaban J connectivity index is 1.71. The van der Waals surface area contributed by atoms with Crippen molar-refractivity contribution < 1.29 is 4.39 Å². The summed E-state index contributed by atoms with van der Waals surface area (Å²) in [6.07, 6.45) is 2.75. The van der Waals surface area contributed by atoms with Gasteiger partial charge in [0, 0.05) is 31.7 Å². The van der Waals surface area contributed by atoms with Crippen molar-refractivity contribution in [2.24, 2.45) is 5.92 Å². The number of aryl methyl sites for hydroxylation is 1. The minimum absolute atomic E-state index is 0.123. The average molecular weight is 262 g/mol. The summed E-state index contributed by atoms with van der Waals surface area (Å²) in [5.41, 5.74) is 2.32. The van der Waals surface area contributed by atoms with E-state index in [1.807, 2.05) is 6.07 Å². The van der Waals surface area contributed by atoms with Gasteiger partial charge in [0.1, 0.15) is 5.82 Å². The normalized spacial score (nSPS) is 28.6. The molecule has 1 saturated carbocycles. The van der Waals surface area contributed by atoms with E-state index in [1.165, 1.54) is 18.4 Å². The monoisotopic (exact) mass is 262 g/mol. The molecule has 1 aliphatic heterocycles. The van der Waals surface area contributed by atoms with Crippen LogP contribution in [-0.4, -0.2) is 30.1 Å². The van der Waals surface area contributed by atoms with Crippen LogP contribution < -0.4 is 5.32 Å². The summed E-state index contributed by atoms with van der Waals surface area (Å²) in [5.74, 6) is 0.755. The number of hydrogen-bond acceptors (Lipinski definition) is 2. The van der Waals surface area contributed by atoms with Crippen LogP contribution in [0.5, 0.6) is 0 Å². The van der Waals surface area contributed by atoms with E-state index < -0.39 is 0 Å². The molecule has 0 aromatic heterocycles. The number of nitrogens with zero attached hydrogens (tertiary/aromatic N) is 1. The third-order valence-electron chi connectivity index (χ3n) is 4.61. The largest absolute Gasteiger partial charge is 0.311 e. The molecule has 1 aliphatic carbocycles. The van der Waals surface area contributed by atoms with Crippen LogP contribution in [0.4, 0.5) is 4.39 Å². The van der Waals surface area contributed by atoms with Crippen LogP contribution in [0.15, 0.2) is 18.2 Å². The van der Waals surface area contributed by atoms with Crippen molar-refractivity contribution in [3.63, 3.8) is 0 Å². The van der Waals surface area contributed by atoms with Crippen LogP contribution in [0, 0.1) is 18.7 Å². The molecule has 1 saturated heterocycles. The van der Waals surface area contributed by atoms with Crippen molar-refractivity contribution in [1.29, 1.82) is 0 Å². The number of halogens is 1. The minimum Gasteiger partial charge on any atom is -0.311 e. The summed E-state index contributed by atoms with van der Waals surface area (Å²) >= 11 is 0. The summed E-state index contributed by atoms with van der Waals surface area (Å²) in [4.78, 5) is 2.50. The van der Waals surface area contributed by atoms with Crippen LogP contribution in [0.3, 0.4) is 0 Å². The van der Waals surface area contributed by atoms with Gasteiger partial charge in [0.15, 0.2) is 0 Å². The van der Waals surface area contributed by atoms with Crippen LogP contribution in [0.2, 0.25) is 0 Å². The van der Waals surface area contributed by atoms with Gasteiger partial charge in [-0.25, -0.2) is 4.39 Å². The predicted octanol–water partition coefficient (Wildman–Crippen LogP) is 2.71. The fourth-order valence-electron chi connectivity index (χ4n) is 3.01. The van der Waals surface area contributed by atoms with Crippen molar-refractivity contribution >= 4 is 0 Å². The lowest BCUT2D eigenvalue weighted by Crippen LogP contribution is -2.55. The highest BCUT2D eigenvalue weighted by atomic mass is 19.1. The van der Waals surface area contributed by atoms with Crippen molar-refractivity contribution in [3.05, 3.63) is 35.1 Å². The summed E-state index contributed by atoms with van der Waals surface area (Å²) < 4.78 is 13.4. The molecule has 2 nitrogen and oxygen atoms in total. The molecular formula is C16H23FN2. The standard InChI is InChI=1S/C16H23FN2/c1-11-3-6-15(17)7-14(11)9-19-10-16(13-4-5-13)18-8-12(19)2/h3,6-7,12-13,16,18H,4-5,8-10H2,1-2H3. The Bertz CT molecular complexity index is 456. The highest BCUT2D eigenvalue weighted by Crippen LogP contribution is 2.34. The first-order valence-corrected chi connectivity index (χ1v) is 7.36. The average Bonchev–Trinajstić information content (AvgIpc) is 3.21. The van der Waals surface area contributed by atoms with Crippen LogP contribution >= 0.6 is 0 Å². The molecule has 2 unspecified atom stereocenters. The van der Waals surface area contributed by atoms with E-state index in [2.05, 4.69) is 24.1 Å². The second kappa shape index (κ2) is 5.22. The highest BCUT2D eigenvalue weighted by molar-refractivity contribution is 5.26. The van der Waals surface area contributed by atoms with E-state index in [0.29, 0.717) is 12.1 Å². The van der Waals surface area contributed by atoms with Crippen molar-refractivity contribution in [3.8, 4) is 0 Å². The Labute approximate surface area is 115 Å². The van der Waals surface area contributed by atoms with Crippen LogP contribution in [-0.2, 0) is 6.54 Å². The molecule has 0 radical (unpaired) electrons. The molecule has 2 atom stereocenters. The van der Waals surface area contributed by atoms with Crippen molar-refractivity contribution in [2.75, 3.05) is 13.1 Å². The summed E-state index contributed by atoms with van der Waals surface area (Å²) in [5, 5.41) is 3.66. The van der Waals surface area contributed by atoms with Gasteiger partial charge >= 0.3 is 0 Å². The molecule has 3 heteroatoms. The van der Waals surface area contributed by atoms with Gasteiger partial charge in [-0.2, -0.15) is 0 Å². The molecule has 1 heterocycles. The Kier molecular flexibility index (Phi) is 3.59. The van der Waals surface area contributed by atoms with E-state index in [-0.39, 0.29) is 5.82 Å². The molecule has 3 rings (SSSR count). The SMILES string of the molecule is Cc1ccc(F)cc1CN1CC(C2CC2)NCC1C. The van der Waals surface area contributed by atoms with Gasteiger partial charge in [-0.15, -0.1) is 0 Å². The van der Waals surface area contributed by atoms with Crippen LogP contribution in [0.25, 0.3) is 0 Å². The zero-order valence-corrected chi connectivity index (χ0v) is 11.8. The maximum absolute atomic E-state index is 13.4. The molecule has 2 aliphatic rings. The lowest BCUT2D eigenvalue weighted by molar-refractivity contribution is 0.125. The third kappa shape index (κ3) is 2.98. The maximum Gasteiger partial charge on any atom is 0.123 e. The highest BCUT2D eigenvalue weighted by Gasteiger charge is 2.35. The van der Waals surface area contributed by atoms with E-state index >= 15 is 0 Å². The summed E-state index contributed by atoms with van der Waals surface area (Å²) in [7, 11) is 0. The smallest absolute Gasteiger partial charge is 0.123 e. The first-order valence-electron chi connectivity index (χ1n) is 7.36. The van der Waals surface area contributed by atoms with E-state index in [1.54, 1.807) is 12.1 Å². The van der Waals surface area contributed by atoms with E-state index in [9.17, 15) is 4.39 Å². The fourth-order valence-corrected chi connectivity index (χ4v) is 3.01. The second-order valence-corrected chi connectivity index (χ2v) is 6.20. The Morgan fingerprint density at radius 1 is 1.37 bits per heavy atom. The number of piperazine rings is 1. The second-order valence-electron chi connectivity index (χ2n) is 6.20. The maximum atomic E-state index is 13.4. The molecule has 1 aromatic carbocycles. The number of nitrogens with one attached hydrogen (secondary N) is 1. The quantitative estimate of drug-likeness (QED) is 0.901. The molecule has 0 spiro atoms. The van der Waals surface area contributed by atoms with Gasteiger partial charge in [-0.1, -0.05) is 6.07 Å². The van der Waals surface area contributed by atoms with Crippen LogP contribution in [0.1, 0.15) is 30.9 Å². The zero-order chi connectivity index (χ0) is 13.4. The topological polar surface area (TPSA) is 15.3 Å². The van der Waals surface area contributed by atoms with Gasteiger partial charge < -0.3 is 5.32 Å². The third-order valence-corrected chi connectivity index (χ3v) is 4.61. The lowest BCUT2D eigenvalue weighted by atomic mass is 10.0.